The Kier molecular flexibility index (Phi) is 65.4. The zero-order valence-corrected chi connectivity index (χ0v) is 53.7. The molecule has 468 valence electrons. The summed E-state index contributed by atoms with van der Waals surface area (Å²) in [5.74, 6) is -0.960. The third-order valence-corrected chi connectivity index (χ3v) is 14.0. The Balaban J connectivity index is 4.41. The van der Waals surface area contributed by atoms with E-state index < -0.39 is 6.10 Å². The molecule has 0 aromatic heterocycles. The lowest BCUT2D eigenvalue weighted by atomic mass is 10.1. The molecule has 6 heteroatoms. The van der Waals surface area contributed by atoms with E-state index in [1.54, 1.807) is 0 Å². The first-order valence-corrected chi connectivity index (χ1v) is 34.0. The lowest BCUT2D eigenvalue weighted by Crippen LogP contribution is -2.30. The average Bonchev–Trinajstić information content (AvgIpc) is 3.49. The highest BCUT2D eigenvalue weighted by atomic mass is 16.6. The molecule has 0 saturated carbocycles. The third-order valence-electron chi connectivity index (χ3n) is 14.0. The molecule has 0 spiro atoms. The second-order valence-electron chi connectivity index (χ2n) is 22.0. The SMILES string of the molecule is CC/C=C\C/C=C\C/C=C\C/C=C\C/C=C\C/C=C\C/C=C\C/C=C\C/C=C\C/C=C\CCCCC(=O)OCC(COC(=O)CCCCCCC/C=C\CCCCCC)OC(=O)CCCCCCCCCCC/C=C\C/C=C\CCCCC. The number of esters is 3. The molecule has 83 heavy (non-hydrogen) atoms. The smallest absolute Gasteiger partial charge is 0.306 e. The quantitative estimate of drug-likeness (QED) is 0.0261. The van der Waals surface area contributed by atoms with E-state index in [0.717, 1.165) is 135 Å². The summed E-state index contributed by atoms with van der Waals surface area (Å²) >= 11 is 0. The monoisotopic (exact) mass is 1140 g/mol. The number of hydrogen-bond acceptors (Lipinski definition) is 6. The van der Waals surface area contributed by atoms with E-state index in [9.17, 15) is 14.4 Å². The van der Waals surface area contributed by atoms with Crippen molar-refractivity contribution in [1.29, 1.82) is 0 Å². The van der Waals surface area contributed by atoms with Crippen molar-refractivity contribution < 1.29 is 28.6 Å². The zero-order chi connectivity index (χ0) is 59.9. The average molecular weight is 1150 g/mol. The molecule has 0 heterocycles. The van der Waals surface area contributed by atoms with Crippen LogP contribution in [0.2, 0.25) is 0 Å². The van der Waals surface area contributed by atoms with Gasteiger partial charge in [0.25, 0.3) is 0 Å². The summed E-state index contributed by atoms with van der Waals surface area (Å²) in [5.41, 5.74) is 0. The minimum atomic E-state index is -0.810. The van der Waals surface area contributed by atoms with Crippen molar-refractivity contribution in [2.75, 3.05) is 13.2 Å². The molecular formula is C77H124O6. The molecule has 1 unspecified atom stereocenters. The molecule has 0 N–H and O–H groups in total. The molecule has 1 atom stereocenters. The van der Waals surface area contributed by atoms with Gasteiger partial charge in [-0.1, -0.05) is 275 Å². The number of carbonyl (C=O) groups is 3. The normalized spacial score (nSPS) is 13.1. The Labute approximate surface area is 511 Å². The maximum absolute atomic E-state index is 12.9. The Hall–Kier alpha value is -4.97. The second kappa shape index (κ2) is 69.5. The standard InChI is InChI=1S/C77H124O6/c1-4-7-10-13-16-19-22-25-27-29-31-32-33-34-35-36-37-38-39-40-41-42-43-44-46-47-49-52-55-58-61-64-67-70-76(79)82-73-74(72-81-75(78)69-66-63-60-57-54-51-24-21-18-15-12-9-6-3)83-77(80)71-68-65-62-59-56-53-50-48-45-30-28-26-23-20-17-14-11-8-5-2/h7,10,16-17,19-21,24-28,31-32,34-35,37-38,40-41,43-44,47,49,55,58,74H,4-6,8-9,11-15,18,22-23,29-30,33,36,39,42,45-46,48,50-54,56-57,59-73H2,1-3H3/b10-7-,19-16-,20-17-,24-21-,27-25-,28-26-,32-31-,35-34-,38-37-,41-40-,44-43-,49-47-,58-55-. The van der Waals surface area contributed by atoms with Gasteiger partial charge in [-0.2, -0.15) is 0 Å². The highest BCUT2D eigenvalue weighted by Gasteiger charge is 2.19. The molecule has 0 bridgehead atoms. The number of ether oxygens (including phenoxy) is 3. The number of unbranched alkanes of at least 4 members (excludes halogenated alkanes) is 23. The predicted octanol–water partition coefficient (Wildman–Crippen LogP) is 23.7. The van der Waals surface area contributed by atoms with Crippen molar-refractivity contribution in [1.82, 2.24) is 0 Å². The number of rotatable bonds is 60. The third kappa shape index (κ3) is 67.7. The number of hydrogen-bond donors (Lipinski definition) is 0. The van der Waals surface area contributed by atoms with E-state index in [-0.39, 0.29) is 31.1 Å². The van der Waals surface area contributed by atoms with Gasteiger partial charge in [0.2, 0.25) is 0 Å². The molecular weight excluding hydrogens is 1020 g/mol. The van der Waals surface area contributed by atoms with Crippen molar-refractivity contribution in [3.63, 3.8) is 0 Å². The van der Waals surface area contributed by atoms with Crippen LogP contribution in [0.1, 0.15) is 290 Å². The summed E-state index contributed by atoms with van der Waals surface area (Å²) in [7, 11) is 0. The van der Waals surface area contributed by atoms with Gasteiger partial charge in [-0.3, -0.25) is 14.4 Å². The molecule has 0 radical (unpaired) electrons. The lowest BCUT2D eigenvalue weighted by molar-refractivity contribution is -0.167. The molecule has 0 rings (SSSR count). The van der Waals surface area contributed by atoms with Crippen molar-refractivity contribution in [3.8, 4) is 0 Å². The number of carbonyl (C=O) groups excluding carboxylic acids is 3. The molecule has 0 aromatic carbocycles. The van der Waals surface area contributed by atoms with Crippen LogP contribution in [0.3, 0.4) is 0 Å². The second-order valence-corrected chi connectivity index (χ2v) is 22.0. The van der Waals surface area contributed by atoms with Gasteiger partial charge < -0.3 is 14.2 Å². The van der Waals surface area contributed by atoms with E-state index in [0.29, 0.717) is 25.7 Å². The van der Waals surface area contributed by atoms with E-state index in [4.69, 9.17) is 14.2 Å². The van der Waals surface area contributed by atoms with Crippen LogP contribution >= 0.6 is 0 Å². The van der Waals surface area contributed by atoms with E-state index in [1.807, 2.05) is 0 Å². The fourth-order valence-electron chi connectivity index (χ4n) is 8.91. The van der Waals surface area contributed by atoms with E-state index in [2.05, 4.69) is 179 Å². The van der Waals surface area contributed by atoms with Crippen LogP contribution in [0.25, 0.3) is 0 Å². The topological polar surface area (TPSA) is 78.9 Å². The van der Waals surface area contributed by atoms with Crippen LogP contribution in [-0.2, 0) is 28.6 Å². The summed E-state index contributed by atoms with van der Waals surface area (Å²) < 4.78 is 16.9. The van der Waals surface area contributed by atoms with Gasteiger partial charge in [-0.25, -0.2) is 0 Å². The van der Waals surface area contributed by atoms with Crippen LogP contribution in [0, 0.1) is 0 Å². The van der Waals surface area contributed by atoms with Gasteiger partial charge >= 0.3 is 17.9 Å². The molecule has 0 fully saturated rings. The van der Waals surface area contributed by atoms with Gasteiger partial charge in [0.1, 0.15) is 13.2 Å². The Bertz CT molecular complexity index is 1840. The Morgan fingerprint density at radius 3 is 0.795 bits per heavy atom. The molecule has 0 saturated heterocycles. The Morgan fingerprint density at radius 1 is 0.253 bits per heavy atom. The fraction of sp³-hybridized carbons (Fsp3) is 0.623. The summed E-state index contributed by atoms with van der Waals surface area (Å²) in [6, 6.07) is 0. The van der Waals surface area contributed by atoms with Crippen LogP contribution in [-0.4, -0.2) is 37.2 Å². The molecule has 0 aliphatic heterocycles. The summed E-state index contributed by atoms with van der Waals surface area (Å²) in [6.45, 7) is 6.44. The largest absolute Gasteiger partial charge is 0.462 e. The highest BCUT2D eigenvalue weighted by Crippen LogP contribution is 2.15. The van der Waals surface area contributed by atoms with Crippen molar-refractivity contribution in [2.45, 2.75) is 297 Å². The van der Waals surface area contributed by atoms with Crippen LogP contribution < -0.4 is 0 Å². The zero-order valence-electron chi connectivity index (χ0n) is 53.7. The van der Waals surface area contributed by atoms with Gasteiger partial charge in [0.05, 0.1) is 0 Å². The van der Waals surface area contributed by atoms with Crippen molar-refractivity contribution in [3.05, 3.63) is 158 Å². The first-order valence-electron chi connectivity index (χ1n) is 34.0. The molecule has 0 amide bonds. The maximum atomic E-state index is 12.9. The molecule has 0 aliphatic carbocycles. The van der Waals surface area contributed by atoms with Crippen LogP contribution in [0.4, 0.5) is 0 Å². The lowest BCUT2D eigenvalue weighted by Gasteiger charge is -2.18. The number of allylic oxidation sites excluding steroid dienone is 26. The predicted molar refractivity (Wildman–Crippen MR) is 362 cm³/mol. The fourth-order valence-corrected chi connectivity index (χ4v) is 8.91. The van der Waals surface area contributed by atoms with Crippen LogP contribution in [0.5, 0.6) is 0 Å². The molecule has 0 aliphatic rings. The van der Waals surface area contributed by atoms with E-state index >= 15 is 0 Å². The minimum Gasteiger partial charge on any atom is -0.462 e. The maximum Gasteiger partial charge on any atom is 0.306 e. The highest BCUT2D eigenvalue weighted by molar-refractivity contribution is 5.71. The first-order chi connectivity index (χ1) is 41.0. The summed E-state index contributed by atoms with van der Waals surface area (Å²) in [5, 5.41) is 0. The van der Waals surface area contributed by atoms with Gasteiger partial charge in [-0.05, 0) is 154 Å². The Morgan fingerprint density at radius 2 is 0.470 bits per heavy atom. The van der Waals surface area contributed by atoms with Gasteiger partial charge in [0.15, 0.2) is 6.10 Å². The summed E-state index contributed by atoms with van der Waals surface area (Å²) in [4.78, 5) is 38.3. The van der Waals surface area contributed by atoms with Crippen LogP contribution in [0.15, 0.2) is 158 Å². The first kappa shape index (κ1) is 78.0. The summed E-state index contributed by atoms with van der Waals surface area (Å²) in [6.07, 6.45) is 101. The minimum absolute atomic E-state index is 0.103. The van der Waals surface area contributed by atoms with Gasteiger partial charge in [0, 0.05) is 19.3 Å². The van der Waals surface area contributed by atoms with Crippen molar-refractivity contribution in [2.24, 2.45) is 0 Å². The van der Waals surface area contributed by atoms with Gasteiger partial charge in [-0.15, -0.1) is 0 Å². The molecule has 6 nitrogen and oxygen atoms in total. The molecule has 0 aromatic rings. The van der Waals surface area contributed by atoms with E-state index in [1.165, 1.54) is 109 Å². The van der Waals surface area contributed by atoms with Crippen molar-refractivity contribution >= 4 is 17.9 Å².